The topological polar surface area (TPSA) is 130 Å². The third-order valence-corrected chi connectivity index (χ3v) is 11.6. The number of nitrogens with one attached hydrogen (secondary N) is 1. The largest absolute Gasteiger partial charge is 0.373 e. The van der Waals surface area contributed by atoms with E-state index in [0.29, 0.717) is 32.5 Å². The Balaban J connectivity index is 0.975. The summed E-state index contributed by atoms with van der Waals surface area (Å²) >= 11 is 0. The van der Waals surface area contributed by atoms with E-state index in [1.54, 1.807) is 0 Å². The number of ether oxygens (including phenoxy) is 1. The highest BCUT2D eigenvalue weighted by molar-refractivity contribution is 6.23. The number of hydrogen-bond acceptors (Lipinski definition) is 9. The molecule has 4 aromatic rings. The number of aryl methyl sites for hydroxylation is 3. The van der Waals surface area contributed by atoms with E-state index in [0.717, 1.165) is 68.9 Å². The number of fused-ring (bicyclic) bond motifs is 1. The summed E-state index contributed by atoms with van der Waals surface area (Å²) in [5, 5.41) is 6.36. The van der Waals surface area contributed by atoms with Crippen LogP contribution in [0.4, 0.5) is 21.5 Å². The Kier molecular flexibility index (Phi) is 9.48. The molecular formula is C43H43FN6O6. The molecule has 1 N–H and O–H groups in total. The molecule has 12 nitrogen and oxygen atoms in total. The van der Waals surface area contributed by atoms with Crippen LogP contribution in [0.15, 0.2) is 59.1 Å². The molecule has 1 aromatic heterocycles. The van der Waals surface area contributed by atoms with Gasteiger partial charge in [0.1, 0.15) is 17.6 Å². The second-order valence-corrected chi connectivity index (χ2v) is 15.4. The quantitative estimate of drug-likeness (QED) is 0.135. The molecule has 0 spiro atoms. The van der Waals surface area contributed by atoms with Crippen LogP contribution in [0.2, 0.25) is 0 Å². The van der Waals surface area contributed by atoms with Crippen LogP contribution < -0.4 is 15.1 Å². The van der Waals surface area contributed by atoms with Gasteiger partial charge in [-0.1, -0.05) is 17.3 Å². The lowest BCUT2D eigenvalue weighted by Crippen LogP contribution is -2.54. The van der Waals surface area contributed by atoms with Gasteiger partial charge in [-0.3, -0.25) is 29.4 Å². The van der Waals surface area contributed by atoms with Crippen LogP contribution in [-0.2, 0) is 19.9 Å². The van der Waals surface area contributed by atoms with Crippen LogP contribution in [0.25, 0.3) is 16.0 Å². The monoisotopic (exact) mass is 758 g/mol. The molecule has 3 aromatic carbocycles. The highest BCUT2D eigenvalue weighted by atomic mass is 19.1. The second-order valence-electron chi connectivity index (χ2n) is 15.4. The predicted octanol–water partition coefficient (Wildman–Crippen LogP) is 6.93. The number of carbonyl (C=O) groups is 4. The number of halogens is 1. The number of nitrogens with zero attached hydrogens (tertiary/aromatic N) is 5. The zero-order valence-corrected chi connectivity index (χ0v) is 31.9. The molecule has 56 heavy (non-hydrogen) atoms. The molecule has 2 unspecified atom stereocenters. The minimum atomic E-state index is -1.12. The van der Waals surface area contributed by atoms with E-state index < -0.39 is 41.0 Å². The summed E-state index contributed by atoms with van der Waals surface area (Å²) in [6.07, 6.45) is 2.71. The van der Waals surface area contributed by atoms with E-state index in [-0.39, 0.29) is 41.9 Å². The normalized spacial score (nSPS) is 19.8. The first-order valence-corrected chi connectivity index (χ1v) is 19.1. The van der Waals surface area contributed by atoms with Gasteiger partial charge in [0.15, 0.2) is 0 Å². The van der Waals surface area contributed by atoms with Gasteiger partial charge in [-0.2, -0.15) is 0 Å². The van der Waals surface area contributed by atoms with Crippen LogP contribution in [-0.4, -0.2) is 71.6 Å². The average molecular weight is 759 g/mol. The summed E-state index contributed by atoms with van der Waals surface area (Å²) in [6.45, 7) is 17.2. The van der Waals surface area contributed by atoms with Gasteiger partial charge < -0.3 is 23.9 Å². The van der Waals surface area contributed by atoms with Crippen molar-refractivity contribution in [2.75, 3.05) is 29.4 Å². The molecule has 2 saturated heterocycles. The summed E-state index contributed by atoms with van der Waals surface area (Å²) in [5.41, 5.74) is 6.69. The molecule has 4 heterocycles. The number of benzene rings is 3. The first-order chi connectivity index (χ1) is 26.9. The number of imide groups is 2. The lowest BCUT2D eigenvalue weighted by Gasteiger charge is -2.36. The number of amides is 4. The molecule has 13 heteroatoms. The Labute approximate surface area is 324 Å². The van der Waals surface area contributed by atoms with Gasteiger partial charge >= 0.3 is 0 Å². The third-order valence-electron chi connectivity index (χ3n) is 11.6. The standard InChI is InChI=1S/C43H43FN6O6/c1-24-6-7-28(39-26(3)47-56-27(39)4)20-36(24)49(30-10-8-29(9-11-30)43(45-5)16-17-43)23-25(2)55-31-14-18-48(19-15-31)37-22-33-32(21-34(37)44)41(53)50(42(33)54)35-12-13-38(51)46-40(35)52/h6-11,20-22,25,31,35H,12-19,23H2,1-4H3,(H,46,51,52). The summed E-state index contributed by atoms with van der Waals surface area (Å²) in [6, 6.07) is 16.0. The summed E-state index contributed by atoms with van der Waals surface area (Å²) in [5.74, 6) is -2.45. The fourth-order valence-corrected chi connectivity index (χ4v) is 8.41. The highest BCUT2D eigenvalue weighted by Crippen LogP contribution is 2.50. The number of hydrogen-bond donors (Lipinski definition) is 1. The minimum absolute atomic E-state index is 0.00519. The Morgan fingerprint density at radius 2 is 1.70 bits per heavy atom. The van der Waals surface area contributed by atoms with E-state index >= 15 is 4.39 Å². The molecular weight excluding hydrogens is 716 g/mol. The van der Waals surface area contributed by atoms with Crippen molar-refractivity contribution in [2.24, 2.45) is 0 Å². The smallest absolute Gasteiger partial charge is 0.262 e. The maximum Gasteiger partial charge on any atom is 0.262 e. The fraction of sp³-hybridized carbons (Fsp3) is 0.395. The third kappa shape index (κ3) is 6.61. The summed E-state index contributed by atoms with van der Waals surface area (Å²) < 4.78 is 27.8. The molecule has 2 atom stereocenters. The number of piperidine rings is 2. The predicted molar refractivity (Wildman–Crippen MR) is 206 cm³/mol. The number of aromatic nitrogens is 1. The van der Waals surface area contributed by atoms with Crippen molar-refractivity contribution < 1.29 is 32.8 Å². The van der Waals surface area contributed by atoms with Crippen LogP contribution >= 0.6 is 0 Å². The SMILES string of the molecule is [C-]#[N+]C1(c2ccc(N(CC(C)OC3CCN(c4cc5c(cc4F)C(=O)N(C4CCC(=O)NC4=O)C5=O)CC3)c3cc(-c4c(C)noc4C)ccc3C)cc2)CC1. The lowest BCUT2D eigenvalue weighted by molar-refractivity contribution is -0.136. The molecule has 0 radical (unpaired) electrons. The van der Waals surface area contributed by atoms with Crippen molar-refractivity contribution >= 4 is 40.7 Å². The van der Waals surface area contributed by atoms with Crippen LogP contribution in [0.3, 0.4) is 0 Å². The molecule has 1 saturated carbocycles. The molecule has 3 aliphatic heterocycles. The van der Waals surface area contributed by atoms with Crippen molar-refractivity contribution in [3.63, 3.8) is 0 Å². The van der Waals surface area contributed by atoms with Crippen LogP contribution in [0.5, 0.6) is 0 Å². The molecule has 0 bridgehead atoms. The Hall–Kier alpha value is -5.87. The fourth-order valence-electron chi connectivity index (χ4n) is 8.41. The number of anilines is 3. The molecule has 4 aliphatic rings. The molecule has 3 fully saturated rings. The maximum absolute atomic E-state index is 15.6. The second kappa shape index (κ2) is 14.3. The van der Waals surface area contributed by atoms with E-state index in [1.807, 2.05) is 18.7 Å². The Morgan fingerprint density at radius 3 is 2.32 bits per heavy atom. The number of rotatable bonds is 10. The van der Waals surface area contributed by atoms with Gasteiger partial charge in [-0.15, -0.1) is 0 Å². The zero-order valence-electron chi connectivity index (χ0n) is 31.9. The van der Waals surface area contributed by atoms with Gasteiger partial charge in [-0.05, 0) is 101 Å². The molecule has 4 amide bonds. The van der Waals surface area contributed by atoms with Crippen LogP contribution in [0.1, 0.15) is 88.7 Å². The van der Waals surface area contributed by atoms with Gasteiger partial charge in [0.05, 0.1) is 34.7 Å². The van der Waals surface area contributed by atoms with Crippen molar-refractivity contribution in [3.05, 3.63) is 106 Å². The zero-order chi connectivity index (χ0) is 39.5. The van der Waals surface area contributed by atoms with E-state index in [4.69, 9.17) is 15.8 Å². The van der Waals surface area contributed by atoms with Crippen molar-refractivity contribution in [1.82, 2.24) is 15.4 Å². The van der Waals surface area contributed by atoms with E-state index in [9.17, 15) is 19.2 Å². The molecule has 288 valence electrons. The van der Waals surface area contributed by atoms with Crippen molar-refractivity contribution in [3.8, 4) is 11.1 Å². The lowest BCUT2D eigenvalue weighted by atomic mass is 10.00. The molecule has 1 aliphatic carbocycles. The van der Waals surface area contributed by atoms with Crippen molar-refractivity contribution in [1.29, 1.82) is 0 Å². The maximum atomic E-state index is 15.6. The van der Waals surface area contributed by atoms with Gasteiger partial charge in [0.25, 0.3) is 17.4 Å². The van der Waals surface area contributed by atoms with Gasteiger partial charge in [0, 0.05) is 61.4 Å². The Morgan fingerprint density at radius 1 is 1.00 bits per heavy atom. The minimum Gasteiger partial charge on any atom is -0.373 e. The average Bonchev–Trinajstić information content (AvgIpc) is 3.87. The highest BCUT2D eigenvalue weighted by Gasteiger charge is 2.52. The van der Waals surface area contributed by atoms with Gasteiger partial charge in [0.2, 0.25) is 11.8 Å². The molecule has 8 rings (SSSR count). The summed E-state index contributed by atoms with van der Waals surface area (Å²) in [7, 11) is 0. The first-order valence-electron chi connectivity index (χ1n) is 19.1. The van der Waals surface area contributed by atoms with Crippen LogP contribution in [0, 0.1) is 33.2 Å². The number of carbonyl (C=O) groups excluding carboxylic acids is 4. The van der Waals surface area contributed by atoms with E-state index in [1.165, 1.54) is 6.07 Å². The first kappa shape index (κ1) is 37.1. The van der Waals surface area contributed by atoms with Crippen molar-refractivity contribution in [2.45, 2.75) is 90.0 Å². The summed E-state index contributed by atoms with van der Waals surface area (Å²) in [4.78, 5) is 59.6. The van der Waals surface area contributed by atoms with E-state index in [2.05, 4.69) is 76.5 Å². The van der Waals surface area contributed by atoms with Gasteiger partial charge in [-0.25, -0.2) is 11.0 Å². The Bertz CT molecular complexity index is 2280.